The van der Waals surface area contributed by atoms with Gasteiger partial charge in [-0.25, -0.2) is 0 Å². The molecule has 0 saturated heterocycles. The van der Waals surface area contributed by atoms with Gasteiger partial charge in [-0.15, -0.1) is 16.4 Å². The van der Waals surface area contributed by atoms with Crippen molar-refractivity contribution in [3.63, 3.8) is 0 Å². The van der Waals surface area contributed by atoms with Gasteiger partial charge < -0.3 is 10.2 Å². The van der Waals surface area contributed by atoms with Crippen LogP contribution in [0.5, 0.6) is 0 Å². The number of hydrogen-bond acceptors (Lipinski definition) is 5. The van der Waals surface area contributed by atoms with Crippen LogP contribution in [0.15, 0.2) is 47.8 Å². The highest BCUT2D eigenvalue weighted by Gasteiger charge is 2.20. The van der Waals surface area contributed by atoms with E-state index in [1.165, 1.54) is 9.67 Å². The Bertz CT molecular complexity index is 827. The summed E-state index contributed by atoms with van der Waals surface area (Å²) >= 11 is 1.69. The number of aromatic nitrogens is 3. The first-order valence-corrected chi connectivity index (χ1v) is 8.91. The van der Waals surface area contributed by atoms with E-state index in [2.05, 4.69) is 26.5 Å². The molecule has 0 bridgehead atoms. The molecule has 1 amide bonds. The Labute approximate surface area is 151 Å². The third kappa shape index (κ3) is 3.94. The number of thiophene rings is 1. The highest BCUT2D eigenvalue weighted by atomic mass is 32.1. The number of hydrogen-bond donors (Lipinski definition) is 1. The van der Waals surface area contributed by atoms with Gasteiger partial charge in [0.25, 0.3) is 5.91 Å². The van der Waals surface area contributed by atoms with Gasteiger partial charge in [-0.3, -0.25) is 4.79 Å². The van der Waals surface area contributed by atoms with Crippen molar-refractivity contribution in [2.75, 3.05) is 20.6 Å². The largest absolute Gasteiger partial charge is 0.349 e. The van der Waals surface area contributed by atoms with E-state index >= 15 is 0 Å². The van der Waals surface area contributed by atoms with Crippen LogP contribution in [0.25, 0.3) is 5.69 Å². The van der Waals surface area contributed by atoms with Crippen molar-refractivity contribution in [3.8, 4) is 5.69 Å². The first kappa shape index (κ1) is 17.3. The number of rotatable bonds is 6. The molecule has 6 nitrogen and oxygen atoms in total. The van der Waals surface area contributed by atoms with Gasteiger partial charge in [0.05, 0.1) is 17.4 Å². The molecule has 1 aromatic carbocycles. The van der Waals surface area contributed by atoms with E-state index in [1.54, 1.807) is 18.3 Å². The number of benzene rings is 1. The second-order valence-electron chi connectivity index (χ2n) is 5.96. The van der Waals surface area contributed by atoms with E-state index in [4.69, 9.17) is 0 Å². The van der Waals surface area contributed by atoms with Crippen molar-refractivity contribution in [1.29, 1.82) is 0 Å². The molecule has 3 aromatic rings. The maximum absolute atomic E-state index is 12.6. The molecule has 2 aromatic heterocycles. The molecule has 25 heavy (non-hydrogen) atoms. The lowest BCUT2D eigenvalue weighted by Gasteiger charge is -2.23. The van der Waals surface area contributed by atoms with Crippen LogP contribution in [-0.2, 0) is 0 Å². The number of carbonyl (C=O) groups is 1. The van der Waals surface area contributed by atoms with Crippen molar-refractivity contribution in [2.45, 2.75) is 13.0 Å². The number of aryl methyl sites for hydroxylation is 1. The molecule has 0 fully saturated rings. The molecule has 0 aliphatic heterocycles. The summed E-state index contributed by atoms with van der Waals surface area (Å²) in [7, 11) is 4.01. The van der Waals surface area contributed by atoms with E-state index in [1.807, 2.05) is 55.9 Å². The summed E-state index contributed by atoms with van der Waals surface area (Å²) in [6.45, 7) is 2.31. The number of para-hydroxylation sites is 1. The number of nitrogens with zero attached hydrogens (tertiary/aromatic N) is 4. The molecule has 0 saturated carbocycles. The van der Waals surface area contributed by atoms with Crippen LogP contribution >= 0.6 is 11.3 Å². The highest BCUT2D eigenvalue weighted by Crippen LogP contribution is 2.22. The zero-order chi connectivity index (χ0) is 17.8. The van der Waals surface area contributed by atoms with Gasteiger partial charge in [-0.2, -0.15) is 9.90 Å². The van der Waals surface area contributed by atoms with Gasteiger partial charge in [-0.05, 0) is 44.6 Å². The molecule has 0 aliphatic rings. The molecule has 7 heteroatoms. The van der Waals surface area contributed by atoms with E-state index in [9.17, 15) is 4.79 Å². The van der Waals surface area contributed by atoms with Crippen LogP contribution in [-0.4, -0.2) is 46.4 Å². The molecule has 1 unspecified atom stereocenters. The first-order valence-electron chi connectivity index (χ1n) is 8.03. The van der Waals surface area contributed by atoms with Gasteiger partial charge in [-0.1, -0.05) is 24.3 Å². The average molecular weight is 355 g/mol. The van der Waals surface area contributed by atoms with Crippen molar-refractivity contribution in [1.82, 2.24) is 25.2 Å². The van der Waals surface area contributed by atoms with Gasteiger partial charge in [0.15, 0.2) is 5.69 Å². The smallest absolute Gasteiger partial charge is 0.273 e. The predicted octanol–water partition coefficient (Wildman–Crippen LogP) is 2.67. The molecule has 130 valence electrons. The maximum atomic E-state index is 12.6. The maximum Gasteiger partial charge on any atom is 0.273 e. The van der Waals surface area contributed by atoms with Crippen LogP contribution in [0.1, 0.15) is 27.1 Å². The molecule has 1 N–H and O–H groups in total. The van der Waals surface area contributed by atoms with Gasteiger partial charge in [0.1, 0.15) is 0 Å². The van der Waals surface area contributed by atoms with Crippen LogP contribution in [0.2, 0.25) is 0 Å². The minimum Gasteiger partial charge on any atom is -0.349 e. The summed E-state index contributed by atoms with van der Waals surface area (Å²) in [5.41, 5.74) is 1.79. The Morgan fingerprint density at radius 1 is 1.20 bits per heavy atom. The molecule has 1 atom stereocenters. The van der Waals surface area contributed by atoms with Gasteiger partial charge >= 0.3 is 0 Å². The number of carbonyl (C=O) groups excluding carboxylic acids is 1. The quantitative estimate of drug-likeness (QED) is 0.738. The third-order valence-corrected chi connectivity index (χ3v) is 4.91. The zero-order valence-electron chi connectivity index (χ0n) is 14.5. The third-order valence-electron chi connectivity index (χ3n) is 3.94. The van der Waals surface area contributed by atoms with Crippen LogP contribution in [0.3, 0.4) is 0 Å². The summed E-state index contributed by atoms with van der Waals surface area (Å²) in [5, 5.41) is 13.7. The minimum atomic E-state index is -0.205. The Morgan fingerprint density at radius 2 is 1.96 bits per heavy atom. The Hall–Kier alpha value is -2.51. The standard InChI is InChI=1S/C18H21N5OS/c1-13-17(21-23(20-13)14-8-5-4-6-9-14)18(24)19-12-15(22(2)3)16-10-7-11-25-16/h4-11,15H,12H2,1-3H3,(H,19,24). The van der Waals surface area contributed by atoms with Gasteiger partial charge in [0, 0.05) is 11.4 Å². The van der Waals surface area contributed by atoms with Crippen molar-refractivity contribution < 1.29 is 4.79 Å². The molecular weight excluding hydrogens is 334 g/mol. The summed E-state index contributed by atoms with van der Waals surface area (Å²) in [6.07, 6.45) is 0. The predicted molar refractivity (Wildman–Crippen MR) is 99.2 cm³/mol. The molecule has 0 radical (unpaired) electrons. The fraction of sp³-hybridized carbons (Fsp3) is 0.278. The molecule has 2 heterocycles. The Kier molecular flexibility index (Phi) is 5.25. The first-order chi connectivity index (χ1) is 12.1. The molecule has 0 spiro atoms. The summed E-state index contributed by atoms with van der Waals surface area (Å²) in [5.74, 6) is -0.205. The normalized spacial score (nSPS) is 12.3. The second kappa shape index (κ2) is 7.58. The number of amides is 1. The second-order valence-corrected chi connectivity index (χ2v) is 6.94. The average Bonchev–Trinajstić information content (AvgIpc) is 3.25. The van der Waals surface area contributed by atoms with Crippen LogP contribution in [0.4, 0.5) is 0 Å². The monoisotopic (exact) mass is 355 g/mol. The fourth-order valence-electron chi connectivity index (χ4n) is 2.56. The summed E-state index contributed by atoms with van der Waals surface area (Å²) < 4.78 is 0. The minimum absolute atomic E-state index is 0.133. The number of likely N-dealkylation sites (N-methyl/N-ethyl adjacent to an activating group) is 1. The van der Waals surface area contributed by atoms with Crippen LogP contribution in [0, 0.1) is 6.92 Å². The lowest BCUT2D eigenvalue weighted by molar-refractivity contribution is 0.0936. The Morgan fingerprint density at radius 3 is 2.60 bits per heavy atom. The van der Waals surface area contributed by atoms with Crippen LogP contribution < -0.4 is 5.32 Å². The summed E-state index contributed by atoms with van der Waals surface area (Å²) in [6, 6.07) is 13.8. The molecule has 3 rings (SSSR count). The zero-order valence-corrected chi connectivity index (χ0v) is 15.3. The van der Waals surface area contributed by atoms with Crippen molar-refractivity contribution >= 4 is 17.2 Å². The topological polar surface area (TPSA) is 63.1 Å². The summed E-state index contributed by atoms with van der Waals surface area (Å²) in [4.78, 5) is 17.4. The van der Waals surface area contributed by atoms with Crippen molar-refractivity contribution in [2.24, 2.45) is 0 Å². The fourth-order valence-corrected chi connectivity index (χ4v) is 3.48. The van der Waals surface area contributed by atoms with E-state index in [0.29, 0.717) is 17.9 Å². The van der Waals surface area contributed by atoms with Gasteiger partial charge in [0.2, 0.25) is 0 Å². The van der Waals surface area contributed by atoms with Crippen molar-refractivity contribution in [3.05, 3.63) is 64.1 Å². The molecule has 0 aliphatic carbocycles. The van der Waals surface area contributed by atoms with E-state index in [0.717, 1.165) is 5.69 Å². The highest BCUT2D eigenvalue weighted by molar-refractivity contribution is 7.10. The van der Waals surface area contributed by atoms with E-state index in [-0.39, 0.29) is 11.9 Å². The Balaban J connectivity index is 1.72. The lowest BCUT2D eigenvalue weighted by Crippen LogP contribution is -2.34. The number of nitrogens with one attached hydrogen (secondary N) is 1. The lowest BCUT2D eigenvalue weighted by atomic mass is 10.2. The molecular formula is C18H21N5OS. The SMILES string of the molecule is Cc1nn(-c2ccccc2)nc1C(=O)NCC(c1cccs1)N(C)C. The van der Waals surface area contributed by atoms with E-state index < -0.39 is 0 Å².